The topological polar surface area (TPSA) is 51.2 Å². The van der Waals surface area contributed by atoms with Gasteiger partial charge < -0.3 is 10.1 Å². The maximum absolute atomic E-state index is 12.2. The van der Waals surface area contributed by atoms with E-state index < -0.39 is 0 Å². The second-order valence-electron chi connectivity index (χ2n) is 4.77. The van der Waals surface area contributed by atoms with Gasteiger partial charge in [-0.3, -0.25) is 4.79 Å². The average molecular weight is 344 g/mol. The molecule has 6 heteroatoms. The zero-order valence-electron chi connectivity index (χ0n) is 12.6. The van der Waals surface area contributed by atoms with Crippen molar-refractivity contribution in [3.8, 4) is 15.6 Å². The third kappa shape index (κ3) is 3.97. The van der Waals surface area contributed by atoms with Gasteiger partial charge in [-0.15, -0.1) is 22.7 Å². The van der Waals surface area contributed by atoms with Gasteiger partial charge in [0.1, 0.15) is 15.6 Å². The fourth-order valence-electron chi connectivity index (χ4n) is 2.07. The van der Waals surface area contributed by atoms with Crippen LogP contribution >= 0.6 is 22.7 Å². The molecule has 0 fully saturated rings. The molecule has 0 aliphatic rings. The molecule has 4 nitrogen and oxygen atoms in total. The largest absolute Gasteiger partial charge is 0.494 e. The van der Waals surface area contributed by atoms with Crippen LogP contribution < -0.4 is 10.1 Å². The fourth-order valence-corrected chi connectivity index (χ4v) is 3.71. The number of thiazole rings is 1. The van der Waals surface area contributed by atoms with E-state index in [1.807, 2.05) is 48.7 Å². The van der Waals surface area contributed by atoms with Crippen LogP contribution in [0.15, 0.2) is 48.0 Å². The van der Waals surface area contributed by atoms with Crippen molar-refractivity contribution in [1.29, 1.82) is 0 Å². The lowest BCUT2D eigenvalue weighted by molar-refractivity contribution is 0.0954. The Morgan fingerprint density at radius 2 is 2.22 bits per heavy atom. The molecule has 0 saturated carbocycles. The quantitative estimate of drug-likeness (QED) is 0.729. The van der Waals surface area contributed by atoms with E-state index in [4.69, 9.17) is 4.74 Å². The van der Waals surface area contributed by atoms with Crippen LogP contribution in [0, 0.1) is 0 Å². The van der Waals surface area contributed by atoms with Gasteiger partial charge in [0.15, 0.2) is 0 Å². The molecule has 1 N–H and O–H groups in total. The third-order valence-corrected chi connectivity index (χ3v) is 5.16. The van der Waals surface area contributed by atoms with Crippen molar-refractivity contribution >= 4 is 28.6 Å². The van der Waals surface area contributed by atoms with Crippen molar-refractivity contribution in [2.75, 3.05) is 6.61 Å². The number of benzene rings is 1. The van der Waals surface area contributed by atoms with Crippen LogP contribution in [0.4, 0.5) is 0 Å². The summed E-state index contributed by atoms with van der Waals surface area (Å²) in [5.74, 6) is 0.712. The number of hydrogen-bond donors (Lipinski definition) is 1. The molecule has 3 rings (SSSR count). The van der Waals surface area contributed by atoms with Gasteiger partial charge in [0.2, 0.25) is 0 Å². The summed E-state index contributed by atoms with van der Waals surface area (Å²) in [5, 5.41) is 5.80. The smallest absolute Gasteiger partial charge is 0.263 e. The maximum atomic E-state index is 12.2. The molecule has 0 unspecified atom stereocenters. The van der Waals surface area contributed by atoms with Gasteiger partial charge in [0, 0.05) is 6.54 Å². The summed E-state index contributed by atoms with van der Waals surface area (Å²) in [7, 11) is 0. The molecular formula is C17H16N2O2S2. The molecular weight excluding hydrogens is 328 g/mol. The molecule has 0 aliphatic heterocycles. The number of ether oxygens (including phenoxy) is 1. The monoisotopic (exact) mass is 344 g/mol. The Morgan fingerprint density at radius 1 is 1.30 bits per heavy atom. The number of rotatable bonds is 6. The predicted octanol–water partition coefficient (Wildman–Crippen LogP) is 4.20. The van der Waals surface area contributed by atoms with Crippen molar-refractivity contribution < 1.29 is 9.53 Å². The highest BCUT2D eigenvalue weighted by Crippen LogP contribution is 2.28. The van der Waals surface area contributed by atoms with Crippen LogP contribution in [0.3, 0.4) is 0 Å². The summed E-state index contributed by atoms with van der Waals surface area (Å²) in [6, 6.07) is 11.7. The van der Waals surface area contributed by atoms with Crippen molar-refractivity contribution in [2.24, 2.45) is 0 Å². The van der Waals surface area contributed by atoms with E-state index >= 15 is 0 Å². The third-order valence-electron chi connectivity index (χ3n) is 3.12. The van der Waals surface area contributed by atoms with E-state index in [9.17, 15) is 4.79 Å². The summed E-state index contributed by atoms with van der Waals surface area (Å²) in [5.41, 5.74) is 1.01. The van der Waals surface area contributed by atoms with Crippen LogP contribution in [-0.4, -0.2) is 17.5 Å². The molecule has 3 aromatic rings. The zero-order chi connectivity index (χ0) is 16.1. The molecule has 2 heterocycles. The van der Waals surface area contributed by atoms with Gasteiger partial charge >= 0.3 is 0 Å². The first-order valence-corrected chi connectivity index (χ1v) is 8.95. The fraction of sp³-hybridized carbons (Fsp3) is 0.176. The van der Waals surface area contributed by atoms with E-state index in [0.29, 0.717) is 18.0 Å². The molecule has 2 aromatic heterocycles. The van der Waals surface area contributed by atoms with Crippen LogP contribution in [0.1, 0.15) is 22.2 Å². The predicted molar refractivity (Wildman–Crippen MR) is 94.2 cm³/mol. The van der Waals surface area contributed by atoms with Gasteiger partial charge in [-0.2, -0.15) is 0 Å². The number of thiophene rings is 1. The minimum absolute atomic E-state index is 0.105. The van der Waals surface area contributed by atoms with Crippen molar-refractivity contribution in [1.82, 2.24) is 10.3 Å². The van der Waals surface area contributed by atoms with Crippen molar-refractivity contribution in [2.45, 2.75) is 13.5 Å². The molecule has 0 bridgehead atoms. The number of amides is 1. The number of carbonyl (C=O) groups excluding carboxylic acids is 1. The second-order valence-corrected chi connectivity index (χ2v) is 6.75. The molecule has 0 aliphatic carbocycles. The lowest BCUT2D eigenvalue weighted by Gasteiger charge is -2.07. The number of carbonyl (C=O) groups is 1. The van der Waals surface area contributed by atoms with E-state index in [1.165, 1.54) is 11.3 Å². The molecule has 23 heavy (non-hydrogen) atoms. The van der Waals surface area contributed by atoms with Crippen LogP contribution in [0.25, 0.3) is 9.88 Å². The number of hydrogen-bond acceptors (Lipinski definition) is 5. The highest BCUT2D eigenvalue weighted by atomic mass is 32.1. The summed E-state index contributed by atoms with van der Waals surface area (Å²) in [6.45, 7) is 3.04. The van der Waals surface area contributed by atoms with Gasteiger partial charge in [-0.1, -0.05) is 18.2 Å². The van der Waals surface area contributed by atoms with E-state index in [1.54, 1.807) is 17.5 Å². The molecule has 118 valence electrons. The summed E-state index contributed by atoms with van der Waals surface area (Å²) < 4.78 is 5.46. The summed E-state index contributed by atoms with van der Waals surface area (Å²) >= 11 is 3.03. The number of aromatic nitrogens is 1. The molecule has 0 saturated heterocycles. The maximum Gasteiger partial charge on any atom is 0.263 e. The van der Waals surface area contributed by atoms with Crippen LogP contribution in [0.2, 0.25) is 0 Å². The summed E-state index contributed by atoms with van der Waals surface area (Å²) in [4.78, 5) is 18.3. The zero-order valence-corrected chi connectivity index (χ0v) is 14.2. The SMILES string of the molecule is CCOc1cccc(CNC(=O)c2cnc(-c3cccs3)s2)c1. The molecule has 1 amide bonds. The summed E-state index contributed by atoms with van der Waals surface area (Å²) in [6.07, 6.45) is 1.63. The first-order valence-electron chi connectivity index (χ1n) is 7.26. The second kappa shape index (κ2) is 7.39. The average Bonchev–Trinajstić information content (AvgIpc) is 3.24. The van der Waals surface area contributed by atoms with Gasteiger partial charge in [-0.25, -0.2) is 4.98 Å². The van der Waals surface area contributed by atoms with Gasteiger partial charge in [0.05, 0.1) is 17.7 Å². The van der Waals surface area contributed by atoms with Crippen molar-refractivity contribution in [3.63, 3.8) is 0 Å². The van der Waals surface area contributed by atoms with Crippen molar-refractivity contribution in [3.05, 3.63) is 58.4 Å². The Labute approximate surface area is 142 Å². The minimum atomic E-state index is -0.105. The highest BCUT2D eigenvalue weighted by molar-refractivity contribution is 7.21. The first-order chi connectivity index (χ1) is 11.3. The highest BCUT2D eigenvalue weighted by Gasteiger charge is 2.12. The molecule has 0 atom stereocenters. The van der Waals surface area contributed by atoms with Gasteiger partial charge in [-0.05, 0) is 36.1 Å². The molecule has 0 spiro atoms. The Kier molecular flexibility index (Phi) is 5.05. The standard InChI is InChI=1S/C17H16N2O2S2/c1-2-21-13-6-3-5-12(9-13)10-18-16(20)15-11-19-17(23-15)14-7-4-8-22-14/h3-9,11H,2,10H2,1H3,(H,18,20). The number of nitrogens with zero attached hydrogens (tertiary/aromatic N) is 1. The normalized spacial score (nSPS) is 10.5. The van der Waals surface area contributed by atoms with Crippen LogP contribution in [0.5, 0.6) is 5.75 Å². The molecule has 0 radical (unpaired) electrons. The Morgan fingerprint density at radius 3 is 3.00 bits per heavy atom. The van der Waals surface area contributed by atoms with E-state index in [0.717, 1.165) is 21.2 Å². The van der Waals surface area contributed by atoms with Crippen LogP contribution in [-0.2, 0) is 6.54 Å². The Balaban J connectivity index is 1.62. The van der Waals surface area contributed by atoms with Gasteiger partial charge in [0.25, 0.3) is 5.91 Å². The lowest BCUT2D eigenvalue weighted by atomic mass is 10.2. The van der Waals surface area contributed by atoms with E-state index in [2.05, 4.69) is 10.3 Å². The minimum Gasteiger partial charge on any atom is -0.494 e. The number of nitrogens with one attached hydrogen (secondary N) is 1. The molecule has 1 aromatic carbocycles. The Bertz CT molecular complexity index is 782. The lowest BCUT2D eigenvalue weighted by Crippen LogP contribution is -2.21. The first kappa shape index (κ1) is 15.7. The Hall–Kier alpha value is -2.18. The van der Waals surface area contributed by atoms with E-state index in [-0.39, 0.29) is 5.91 Å².